The van der Waals surface area contributed by atoms with E-state index in [1.165, 1.54) is 10.6 Å². The molecule has 3 N–H and O–H groups in total. The van der Waals surface area contributed by atoms with E-state index in [9.17, 15) is 29.6 Å². The van der Waals surface area contributed by atoms with Crippen LogP contribution < -0.4 is 20.8 Å². The van der Waals surface area contributed by atoms with Gasteiger partial charge in [-0.15, -0.1) is 0 Å². The van der Waals surface area contributed by atoms with Crippen molar-refractivity contribution < 1.29 is 29.6 Å². The molecule has 2 saturated heterocycles. The molecule has 2 fully saturated rings. The first-order valence-electron chi connectivity index (χ1n) is 12.2. The highest BCUT2D eigenvalue weighted by Gasteiger charge is 2.40. The summed E-state index contributed by atoms with van der Waals surface area (Å²) in [5, 5.41) is 22.0. The fourth-order valence-electron chi connectivity index (χ4n) is 5.57. The maximum atomic E-state index is 13.1. The minimum atomic E-state index is -1.25. The Balaban J connectivity index is 1.19. The number of amides is 4. The smallest absolute Gasteiger partial charge is 0.325 e. The summed E-state index contributed by atoms with van der Waals surface area (Å²) in [6, 6.07) is 8.88. The first kappa shape index (κ1) is 24.9. The number of carbonyl (C=O) groups is 3. The number of fused-ring (bicyclic) bond motifs is 4. The second kappa shape index (κ2) is 9.96. The van der Waals surface area contributed by atoms with E-state index in [2.05, 4.69) is 5.32 Å². The molecule has 37 heavy (non-hydrogen) atoms. The van der Waals surface area contributed by atoms with E-state index in [0.29, 0.717) is 25.4 Å². The lowest BCUT2D eigenvalue weighted by Gasteiger charge is -2.43. The molecule has 196 valence electrons. The molecule has 5 rings (SSSR count). The van der Waals surface area contributed by atoms with Gasteiger partial charge in [-0.1, -0.05) is 12.1 Å². The average Bonchev–Trinajstić information content (AvgIpc) is 3.15. The number of benzene rings is 1. The first-order valence-corrected chi connectivity index (χ1v) is 12.2. The van der Waals surface area contributed by atoms with E-state index in [1.54, 1.807) is 42.3 Å². The SMILES string of the molecule is COc1ccc(CN2C(=O)N[C@@H](CCC(=O)N3C[C@H]4C[C@@H](C3)c3ccc([NH+]([O-])O)c(=O)n3C4)C2=O)cc1. The number of hydrogen-bond acceptors (Lipinski definition) is 7. The monoisotopic (exact) mass is 511 g/mol. The van der Waals surface area contributed by atoms with E-state index in [-0.39, 0.29) is 48.7 Å². The topological polar surface area (TPSA) is 149 Å². The van der Waals surface area contributed by atoms with Gasteiger partial charge in [0.05, 0.1) is 13.7 Å². The molecular formula is C25H29N5O7. The van der Waals surface area contributed by atoms with Crippen molar-refractivity contribution in [3.8, 4) is 5.75 Å². The normalized spacial score (nSPS) is 23.5. The summed E-state index contributed by atoms with van der Waals surface area (Å²) >= 11 is 0. The molecule has 4 amide bonds. The zero-order chi connectivity index (χ0) is 26.3. The van der Waals surface area contributed by atoms with Crippen LogP contribution >= 0.6 is 0 Å². The van der Waals surface area contributed by atoms with Crippen molar-refractivity contribution in [1.29, 1.82) is 0 Å². The van der Waals surface area contributed by atoms with E-state index < -0.39 is 22.9 Å². The van der Waals surface area contributed by atoms with Crippen LogP contribution in [-0.4, -0.2) is 63.7 Å². The molecule has 0 aliphatic carbocycles. The molecule has 0 saturated carbocycles. The second-order valence-electron chi connectivity index (χ2n) is 9.80. The number of imide groups is 1. The molecule has 2 aromatic rings. The van der Waals surface area contributed by atoms with Gasteiger partial charge in [0.15, 0.2) is 0 Å². The van der Waals surface area contributed by atoms with Crippen molar-refractivity contribution >= 4 is 23.5 Å². The number of aromatic nitrogens is 1. The number of rotatable bonds is 7. The summed E-state index contributed by atoms with van der Waals surface area (Å²) < 4.78 is 6.67. The molecule has 2 bridgehead atoms. The van der Waals surface area contributed by atoms with Crippen LogP contribution in [0, 0.1) is 11.1 Å². The largest absolute Gasteiger partial charge is 0.595 e. The van der Waals surface area contributed by atoms with Crippen LogP contribution in [0.4, 0.5) is 10.5 Å². The van der Waals surface area contributed by atoms with Gasteiger partial charge in [0.2, 0.25) is 11.6 Å². The van der Waals surface area contributed by atoms with Gasteiger partial charge in [-0.25, -0.2) is 10.0 Å². The zero-order valence-corrected chi connectivity index (χ0v) is 20.4. The number of carbonyl (C=O) groups excluding carboxylic acids is 3. The van der Waals surface area contributed by atoms with Crippen molar-refractivity contribution in [1.82, 2.24) is 19.7 Å². The molecule has 1 aromatic carbocycles. The quantitative estimate of drug-likeness (QED) is 0.353. The fraction of sp³-hybridized carbons (Fsp3) is 0.440. The van der Waals surface area contributed by atoms with E-state index >= 15 is 0 Å². The summed E-state index contributed by atoms with van der Waals surface area (Å²) in [6.45, 7) is 1.40. The minimum Gasteiger partial charge on any atom is -0.595 e. The molecule has 12 heteroatoms. The van der Waals surface area contributed by atoms with Crippen molar-refractivity contribution in [3.63, 3.8) is 0 Å². The van der Waals surface area contributed by atoms with Crippen LogP contribution in [-0.2, 0) is 22.7 Å². The highest BCUT2D eigenvalue weighted by atomic mass is 16.8. The van der Waals surface area contributed by atoms with Crippen molar-refractivity contribution in [2.45, 2.75) is 44.3 Å². The molecule has 3 aliphatic rings. The predicted octanol–water partition coefficient (Wildman–Crippen LogP) is 0.107. The lowest BCUT2D eigenvalue weighted by Crippen LogP contribution is -3.00. The lowest BCUT2D eigenvalue weighted by molar-refractivity contribution is -0.992. The number of nitrogens with one attached hydrogen (secondary N) is 2. The Kier molecular flexibility index (Phi) is 6.71. The number of ether oxygens (including phenoxy) is 1. The Labute approximate surface area is 212 Å². The molecule has 12 nitrogen and oxygen atoms in total. The van der Waals surface area contributed by atoms with E-state index in [0.717, 1.165) is 22.6 Å². The predicted molar refractivity (Wildman–Crippen MR) is 129 cm³/mol. The van der Waals surface area contributed by atoms with Crippen LogP contribution in [0.3, 0.4) is 0 Å². The van der Waals surface area contributed by atoms with Gasteiger partial charge in [-0.05, 0) is 42.5 Å². The Morgan fingerprint density at radius 1 is 1.14 bits per heavy atom. The number of methoxy groups -OCH3 is 1. The van der Waals surface area contributed by atoms with Gasteiger partial charge in [0.25, 0.3) is 5.91 Å². The summed E-state index contributed by atoms with van der Waals surface area (Å²) in [7, 11) is 1.56. The summed E-state index contributed by atoms with van der Waals surface area (Å²) in [5.41, 5.74) is 0.780. The second-order valence-corrected chi connectivity index (χ2v) is 9.80. The standard InChI is InChI=1S/C25H29N5O7/c1-37-18-4-2-15(3-5-18)12-29-23(32)19(26-25(29)34)6-9-22(31)27-11-16-10-17(14-27)20-7-8-21(30(35)36)24(33)28(20)13-16/h2-5,7-8,16-17,19,30,35H,6,9-14H2,1H3,(H,26,34)/t16-,17+,19+/m1/s1. The molecule has 1 aromatic heterocycles. The van der Waals surface area contributed by atoms with Crippen LogP contribution in [0.15, 0.2) is 41.2 Å². The molecule has 0 spiro atoms. The van der Waals surface area contributed by atoms with Gasteiger partial charge in [-0.3, -0.25) is 19.3 Å². The Bertz CT molecular complexity index is 1280. The maximum absolute atomic E-state index is 13.1. The third-order valence-electron chi connectivity index (χ3n) is 7.44. The lowest BCUT2D eigenvalue weighted by atomic mass is 9.83. The number of nitrogens with zero attached hydrogens (tertiary/aromatic N) is 3. The third kappa shape index (κ3) is 4.82. The van der Waals surface area contributed by atoms with Gasteiger partial charge < -0.3 is 24.7 Å². The van der Waals surface area contributed by atoms with E-state index in [1.807, 2.05) is 0 Å². The number of piperidine rings is 1. The number of pyridine rings is 1. The van der Waals surface area contributed by atoms with Gasteiger partial charge in [-0.2, -0.15) is 5.23 Å². The summed E-state index contributed by atoms with van der Waals surface area (Å²) in [4.78, 5) is 53.9. The zero-order valence-electron chi connectivity index (χ0n) is 20.4. The summed E-state index contributed by atoms with van der Waals surface area (Å²) in [6.07, 6.45) is 1.14. The number of likely N-dealkylation sites (tertiary alicyclic amines) is 1. The highest BCUT2D eigenvalue weighted by molar-refractivity contribution is 6.04. The Morgan fingerprint density at radius 3 is 2.59 bits per heavy atom. The molecule has 3 aliphatic heterocycles. The van der Waals surface area contributed by atoms with Gasteiger partial charge in [0, 0.05) is 43.7 Å². The van der Waals surface area contributed by atoms with E-state index in [4.69, 9.17) is 4.74 Å². The number of urea groups is 1. The minimum absolute atomic E-state index is 0.0461. The Morgan fingerprint density at radius 2 is 1.89 bits per heavy atom. The number of hydrogen-bond donors (Lipinski definition) is 3. The average molecular weight is 512 g/mol. The van der Waals surface area contributed by atoms with Crippen LogP contribution in [0.25, 0.3) is 0 Å². The molecule has 4 atom stereocenters. The summed E-state index contributed by atoms with van der Waals surface area (Å²) in [5.74, 6) is 0.208. The highest BCUT2D eigenvalue weighted by Crippen LogP contribution is 2.35. The van der Waals surface area contributed by atoms with Crippen molar-refractivity contribution in [2.75, 3.05) is 20.2 Å². The van der Waals surface area contributed by atoms with Crippen LogP contribution in [0.2, 0.25) is 0 Å². The van der Waals surface area contributed by atoms with Gasteiger partial charge >= 0.3 is 11.6 Å². The maximum Gasteiger partial charge on any atom is 0.325 e. The Hall–Kier alpha value is -3.74. The van der Waals surface area contributed by atoms with Crippen LogP contribution in [0.1, 0.15) is 36.4 Å². The van der Waals surface area contributed by atoms with Crippen molar-refractivity contribution in [3.05, 3.63) is 63.2 Å². The fourth-order valence-corrected chi connectivity index (χ4v) is 5.57. The van der Waals surface area contributed by atoms with Crippen LogP contribution in [0.5, 0.6) is 5.75 Å². The molecule has 4 heterocycles. The number of quaternary nitrogens is 1. The molecule has 1 unspecified atom stereocenters. The third-order valence-corrected chi connectivity index (χ3v) is 7.44. The first-order chi connectivity index (χ1) is 17.7. The van der Waals surface area contributed by atoms with Gasteiger partial charge in [0.1, 0.15) is 11.8 Å². The molecule has 0 radical (unpaired) electrons. The van der Waals surface area contributed by atoms with Crippen molar-refractivity contribution in [2.24, 2.45) is 5.92 Å². The molecular weight excluding hydrogens is 482 g/mol.